The molecule has 1 heterocycles. The van der Waals surface area contributed by atoms with Crippen LogP contribution in [0.1, 0.15) is 38.3 Å². The Bertz CT molecular complexity index is 479. The SMILES string of the molecule is CCCC(C)[C@H](c1c(F)ccc(Cl)c1F)N1CCNCC1.Cl. The van der Waals surface area contributed by atoms with Crippen LogP contribution < -0.4 is 5.32 Å². The fourth-order valence-electron chi connectivity index (χ4n) is 3.21. The van der Waals surface area contributed by atoms with Crippen molar-refractivity contribution >= 4 is 24.0 Å². The number of piperazine rings is 1. The van der Waals surface area contributed by atoms with Gasteiger partial charge in [0.25, 0.3) is 0 Å². The molecule has 0 bridgehead atoms. The summed E-state index contributed by atoms with van der Waals surface area (Å²) in [5.41, 5.74) is 0.130. The van der Waals surface area contributed by atoms with Gasteiger partial charge in [0, 0.05) is 37.8 Å². The van der Waals surface area contributed by atoms with Crippen LogP contribution >= 0.6 is 24.0 Å². The van der Waals surface area contributed by atoms with Crippen molar-refractivity contribution in [2.75, 3.05) is 26.2 Å². The largest absolute Gasteiger partial charge is 0.314 e. The second kappa shape index (κ2) is 9.02. The maximum atomic E-state index is 14.5. The number of nitrogens with zero attached hydrogens (tertiary/aromatic N) is 1. The first-order valence-corrected chi connectivity index (χ1v) is 8.02. The topological polar surface area (TPSA) is 15.3 Å². The van der Waals surface area contributed by atoms with Gasteiger partial charge in [0.05, 0.1) is 5.02 Å². The highest BCUT2D eigenvalue weighted by molar-refractivity contribution is 6.30. The van der Waals surface area contributed by atoms with Gasteiger partial charge in [-0.2, -0.15) is 0 Å². The Hall–Kier alpha value is -0.420. The molecule has 1 unspecified atom stereocenters. The van der Waals surface area contributed by atoms with E-state index in [1.165, 1.54) is 12.1 Å². The van der Waals surface area contributed by atoms with E-state index in [1.807, 2.05) is 0 Å². The van der Waals surface area contributed by atoms with Crippen LogP contribution in [-0.2, 0) is 0 Å². The molecule has 0 amide bonds. The lowest BCUT2D eigenvalue weighted by Crippen LogP contribution is -2.47. The molecule has 0 radical (unpaired) electrons. The maximum absolute atomic E-state index is 14.5. The fourth-order valence-corrected chi connectivity index (χ4v) is 3.38. The van der Waals surface area contributed by atoms with Crippen molar-refractivity contribution in [1.29, 1.82) is 0 Å². The maximum Gasteiger partial charge on any atom is 0.149 e. The van der Waals surface area contributed by atoms with Crippen LogP contribution in [0.3, 0.4) is 0 Å². The van der Waals surface area contributed by atoms with Crippen LogP contribution in [0.15, 0.2) is 12.1 Å². The molecule has 1 N–H and O–H groups in total. The van der Waals surface area contributed by atoms with Gasteiger partial charge < -0.3 is 5.32 Å². The van der Waals surface area contributed by atoms with Crippen molar-refractivity contribution < 1.29 is 8.78 Å². The number of halogens is 4. The van der Waals surface area contributed by atoms with Crippen molar-refractivity contribution in [2.24, 2.45) is 5.92 Å². The molecule has 1 aliphatic rings. The number of hydrogen-bond donors (Lipinski definition) is 1. The third-order valence-corrected chi connectivity index (χ3v) is 4.50. The van der Waals surface area contributed by atoms with Crippen molar-refractivity contribution in [3.63, 3.8) is 0 Å². The Morgan fingerprint density at radius 2 is 1.91 bits per heavy atom. The van der Waals surface area contributed by atoms with Crippen LogP contribution in [-0.4, -0.2) is 31.1 Å². The van der Waals surface area contributed by atoms with Gasteiger partial charge in [0.2, 0.25) is 0 Å². The first-order chi connectivity index (χ1) is 10.1. The summed E-state index contributed by atoms with van der Waals surface area (Å²) < 4.78 is 28.7. The average molecular weight is 353 g/mol. The standard InChI is InChI=1S/C16H23ClF2N2.ClH/c1-3-4-11(2)16(21-9-7-20-8-10-21)14-13(18)6-5-12(17)15(14)19;/h5-6,11,16,20H,3-4,7-10H2,1-2H3;1H/t11?,16-;/m1./s1. The highest BCUT2D eigenvalue weighted by Gasteiger charge is 2.32. The quantitative estimate of drug-likeness (QED) is 0.789. The number of nitrogens with one attached hydrogen (secondary N) is 1. The lowest BCUT2D eigenvalue weighted by molar-refractivity contribution is 0.120. The van der Waals surface area contributed by atoms with E-state index in [-0.39, 0.29) is 35.0 Å². The highest BCUT2D eigenvalue weighted by atomic mass is 35.5. The molecule has 0 spiro atoms. The number of hydrogen-bond acceptors (Lipinski definition) is 2. The molecule has 2 rings (SSSR count). The Labute approximate surface area is 142 Å². The van der Waals surface area contributed by atoms with Gasteiger partial charge in [-0.25, -0.2) is 8.78 Å². The monoisotopic (exact) mass is 352 g/mol. The molecule has 1 aromatic carbocycles. The Kier molecular flexibility index (Phi) is 8.04. The molecule has 0 aliphatic carbocycles. The Balaban J connectivity index is 0.00000242. The molecule has 126 valence electrons. The van der Waals surface area contributed by atoms with E-state index < -0.39 is 11.6 Å². The lowest BCUT2D eigenvalue weighted by Gasteiger charge is -2.39. The number of rotatable bonds is 5. The third kappa shape index (κ3) is 4.31. The lowest BCUT2D eigenvalue weighted by atomic mass is 9.88. The predicted octanol–water partition coefficient (Wildman–Crippen LogP) is 4.42. The summed E-state index contributed by atoms with van der Waals surface area (Å²) in [4.78, 5) is 2.18. The van der Waals surface area contributed by atoms with Gasteiger partial charge in [-0.1, -0.05) is 31.9 Å². The zero-order valence-corrected chi connectivity index (χ0v) is 14.6. The summed E-state index contributed by atoms with van der Waals surface area (Å²) in [6, 6.07) is 2.30. The van der Waals surface area contributed by atoms with E-state index in [0.29, 0.717) is 0 Å². The summed E-state index contributed by atoms with van der Waals surface area (Å²) in [5.74, 6) is -0.929. The molecule has 6 heteroatoms. The molecular formula is C16H24Cl2F2N2. The zero-order valence-electron chi connectivity index (χ0n) is 13.0. The van der Waals surface area contributed by atoms with Crippen LogP contribution in [0.25, 0.3) is 0 Å². The second-order valence-electron chi connectivity index (χ2n) is 5.75. The van der Waals surface area contributed by atoms with Crippen LogP contribution in [0.4, 0.5) is 8.78 Å². The fraction of sp³-hybridized carbons (Fsp3) is 0.625. The van der Waals surface area contributed by atoms with Crippen LogP contribution in [0, 0.1) is 17.6 Å². The van der Waals surface area contributed by atoms with Gasteiger partial charge in [0.15, 0.2) is 0 Å². The van der Waals surface area contributed by atoms with Crippen molar-refractivity contribution in [2.45, 2.75) is 32.7 Å². The summed E-state index contributed by atoms with van der Waals surface area (Å²) >= 11 is 5.88. The minimum Gasteiger partial charge on any atom is -0.314 e. The molecule has 0 saturated carbocycles. The van der Waals surface area contributed by atoms with E-state index in [1.54, 1.807) is 0 Å². The molecular weight excluding hydrogens is 329 g/mol. The van der Waals surface area contributed by atoms with Gasteiger partial charge in [-0.3, -0.25) is 4.90 Å². The minimum absolute atomic E-state index is 0. The summed E-state index contributed by atoms with van der Waals surface area (Å²) in [6.07, 6.45) is 1.92. The highest BCUT2D eigenvalue weighted by Crippen LogP contribution is 2.36. The number of benzene rings is 1. The molecule has 2 nitrogen and oxygen atoms in total. The van der Waals surface area contributed by atoms with Crippen molar-refractivity contribution in [3.05, 3.63) is 34.4 Å². The summed E-state index contributed by atoms with van der Waals surface area (Å²) in [6.45, 7) is 7.44. The normalized spacial score (nSPS) is 18.6. The summed E-state index contributed by atoms with van der Waals surface area (Å²) in [5, 5.41) is 3.27. The first kappa shape index (κ1) is 19.6. The summed E-state index contributed by atoms with van der Waals surface area (Å²) in [7, 11) is 0. The molecule has 1 fully saturated rings. The Morgan fingerprint density at radius 1 is 1.27 bits per heavy atom. The van der Waals surface area contributed by atoms with E-state index >= 15 is 0 Å². The van der Waals surface area contributed by atoms with Gasteiger partial charge in [-0.05, 0) is 24.5 Å². The minimum atomic E-state index is -0.608. The molecule has 22 heavy (non-hydrogen) atoms. The molecule has 1 aliphatic heterocycles. The zero-order chi connectivity index (χ0) is 15.4. The smallest absolute Gasteiger partial charge is 0.149 e. The van der Waals surface area contributed by atoms with E-state index in [0.717, 1.165) is 39.0 Å². The van der Waals surface area contributed by atoms with Gasteiger partial charge in [0.1, 0.15) is 11.6 Å². The third-order valence-electron chi connectivity index (χ3n) is 4.20. The van der Waals surface area contributed by atoms with Gasteiger partial charge in [-0.15, -0.1) is 12.4 Å². The van der Waals surface area contributed by atoms with Crippen molar-refractivity contribution in [3.8, 4) is 0 Å². The van der Waals surface area contributed by atoms with E-state index in [2.05, 4.69) is 24.1 Å². The van der Waals surface area contributed by atoms with E-state index in [9.17, 15) is 8.78 Å². The van der Waals surface area contributed by atoms with E-state index in [4.69, 9.17) is 11.6 Å². The van der Waals surface area contributed by atoms with Crippen LogP contribution in [0.5, 0.6) is 0 Å². The van der Waals surface area contributed by atoms with Gasteiger partial charge >= 0.3 is 0 Å². The Morgan fingerprint density at radius 3 is 2.50 bits per heavy atom. The molecule has 2 atom stereocenters. The molecule has 0 aromatic heterocycles. The first-order valence-electron chi connectivity index (χ1n) is 7.64. The molecule has 1 aromatic rings. The second-order valence-corrected chi connectivity index (χ2v) is 6.16. The predicted molar refractivity (Wildman–Crippen MR) is 89.9 cm³/mol. The molecule has 1 saturated heterocycles. The van der Waals surface area contributed by atoms with Crippen LogP contribution in [0.2, 0.25) is 5.02 Å². The van der Waals surface area contributed by atoms with Crippen molar-refractivity contribution in [1.82, 2.24) is 10.2 Å². The average Bonchev–Trinajstić information content (AvgIpc) is 2.48.